The molecule has 0 aliphatic rings. The fraction of sp³-hybridized carbons (Fsp3) is 0.143. The minimum absolute atomic E-state index is 0.0943. The van der Waals surface area contributed by atoms with Gasteiger partial charge in [0.1, 0.15) is 35.4 Å². The number of nitrogens with zero attached hydrogens (tertiary/aromatic N) is 1. The molecule has 3 rings (SSSR count). The molecule has 0 aliphatic heterocycles. The number of hydrogen-bond donors (Lipinski definition) is 2. The van der Waals surface area contributed by atoms with E-state index in [9.17, 15) is 13.6 Å². The number of halogens is 2. The molecule has 1 heterocycles. The van der Waals surface area contributed by atoms with Crippen LogP contribution in [0.25, 0.3) is 0 Å². The van der Waals surface area contributed by atoms with Crippen LogP contribution in [0, 0.1) is 11.6 Å². The van der Waals surface area contributed by atoms with Gasteiger partial charge in [-0.1, -0.05) is 0 Å². The monoisotopic (exact) mass is 399 g/mol. The van der Waals surface area contributed by atoms with Crippen LogP contribution < -0.4 is 20.1 Å². The average Bonchev–Trinajstić information content (AvgIpc) is 2.74. The Bertz CT molecular complexity index is 981. The number of carbonyl (C=O) groups excluding carboxylic acids is 1. The third-order valence-electron chi connectivity index (χ3n) is 3.92. The Morgan fingerprint density at radius 2 is 1.79 bits per heavy atom. The van der Waals surface area contributed by atoms with Crippen LogP contribution in [-0.4, -0.2) is 31.2 Å². The van der Waals surface area contributed by atoms with Gasteiger partial charge in [-0.25, -0.2) is 8.78 Å². The highest BCUT2D eigenvalue weighted by molar-refractivity contribution is 5.93. The van der Waals surface area contributed by atoms with Gasteiger partial charge in [0.2, 0.25) is 0 Å². The molecular weight excluding hydrogens is 380 g/mol. The Morgan fingerprint density at radius 3 is 2.52 bits per heavy atom. The van der Waals surface area contributed by atoms with Crippen LogP contribution in [0.15, 0.2) is 60.8 Å². The Labute approximate surface area is 166 Å². The van der Waals surface area contributed by atoms with E-state index >= 15 is 0 Å². The van der Waals surface area contributed by atoms with Gasteiger partial charge >= 0.3 is 0 Å². The van der Waals surface area contributed by atoms with Crippen molar-refractivity contribution in [1.82, 2.24) is 10.3 Å². The highest BCUT2D eigenvalue weighted by atomic mass is 19.1. The summed E-state index contributed by atoms with van der Waals surface area (Å²) in [5.41, 5.74) is 0.698. The predicted molar refractivity (Wildman–Crippen MR) is 105 cm³/mol. The van der Waals surface area contributed by atoms with E-state index in [4.69, 9.17) is 9.47 Å². The maximum absolute atomic E-state index is 13.8. The molecule has 1 aromatic heterocycles. The summed E-state index contributed by atoms with van der Waals surface area (Å²) in [6.45, 7) is 0.549. The molecule has 0 saturated carbocycles. The van der Waals surface area contributed by atoms with Gasteiger partial charge in [0.05, 0.1) is 19.3 Å². The summed E-state index contributed by atoms with van der Waals surface area (Å²) in [5.74, 6) is -0.411. The van der Waals surface area contributed by atoms with E-state index in [1.807, 2.05) is 0 Å². The maximum atomic E-state index is 13.8. The van der Waals surface area contributed by atoms with Crippen molar-refractivity contribution in [1.29, 1.82) is 0 Å². The molecule has 2 aromatic carbocycles. The van der Waals surface area contributed by atoms with E-state index < -0.39 is 17.5 Å². The van der Waals surface area contributed by atoms with E-state index in [2.05, 4.69) is 15.6 Å². The molecular formula is C21H19F2N3O3. The zero-order valence-corrected chi connectivity index (χ0v) is 15.6. The third-order valence-corrected chi connectivity index (χ3v) is 3.92. The lowest BCUT2D eigenvalue weighted by Crippen LogP contribution is -2.28. The summed E-state index contributed by atoms with van der Waals surface area (Å²) in [5, 5.41) is 5.50. The largest absolute Gasteiger partial charge is 0.497 e. The van der Waals surface area contributed by atoms with Crippen molar-refractivity contribution in [3.8, 4) is 11.5 Å². The summed E-state index contributed by atoms with van der Waals surface area (Å²) < 4.78 is 37.4. The molecule has 150 valence electrons. The Hall–Kier alpha value is -3.68. The lowest BCUT2D eigenvalue weighted by molar-refractivity contribution is 0.0942. The second kappa shape index (κ2) is 9.50. The number of aromatic nitrogens is 1. The number of amides is 1. The van der Waals surface area contributed by atoms with Gasteiger partial charge in [-0.2, -0.15) is 0 Å². The number of pyridine rings is 1. The van der Waals surface area contributed by atoms with E-state index in [0.717, 1.165) is 17.9 Å². The van der Waals surface area contributed by atoms with Crippen LogP contribution in [0.2, 0.25) is 0 Å². The first-order valence-electron chi connectivity index (χ1n) is 8.78. The molecule has 0 aliphatic carbocycles. The fourth-order valence-electron chi connectivity index (χ4n) is 2.47. The van der Waals surface area contributed by atoms with Crippen LogP contribution in [0.5, 0.6) is 11.5 Å². The number of carbonyl (C=O) groups is 1. The van der Waals surface area contributed by atoms with E-state index in [-0.39, 0.29) is 24.5 Å². The quantitative estimate of drug-likeness (QED) is 0.562. The number of ether oxygens (including phenoxy) is 2. The molecule has 0 atom stereocenters. The first kappa shape index (κ1) is 20.1. The van der Waals surface area contributed by atoms with Crippen molar-refractivity contribution < 1.29 is 23.0 Å². The van der Waals surface area contributed by atoms with Crippen molar-refractivity contribution in [2.24, 2.45) is 0 Å². The molecule has 1 amide bonds. The normalized spacial score (nSPS) is 10.3. The topological polar surface area (TPSA) is 72.5 Å². The second-order valence-electron chi connectivity index (χ2n) is 5.96. The number of hydrogen-bond acceptors (Lipinski definition) is 5. The molecule has 0 fully saturated rings. The molecule has 0 bridgehead atoms. The lowest BCUT2D eigenvalue weighted by Gasteiger charge is -2.10. The zero-order chi connectivity index (χ0) is 20.6. The van der Waals surface area contributed by atoms with Crippen molar-refractivity contribution in [2.75, 3.05) is 25.6 Å². The standard InChI is InChI=1S/C21H19F2N3O3/c1-28-16-3-5-17(6-4-16)29-11-10-25-21(27)20-13-15(8-9-24-20)26-19-7-2-14(22)12-18(19)23/h2-9,12-13H,10-11H2,1H3,(H,24,26)(H,25,27). The summed E-state index contributed by atoms with van der Waals surface area (Å²) in [6, 6.07) is 13.3. The van der Waals surface area contributed by atoms with Crippen LogP contribution in [0.1, 0.15) is 10.5 Å². The van der Waals surface area contributed by atoms with Crippen LogP contribution >= 0.6 is 0 Å². The molecule has 0 spiro atoms. The van der Waals surface area contributed by atoms with Crippen molar-refractivity contribution in [3.05, 3.63) is 78.1 Å². The van der Waals surface area contributed by atoms with Gasteiger partial charge in [-0.15, -0.1) is 0 Å². The van der Waals surface area contributed by atoms with Crippen LogP contribution in [0.3, 0.4) is 0 Å². The predicted octanol–water partition coefficient (Wildman–Crippen LogP) is 3.92. The summed E-state index contributed by atoms with van der Waals surface area (Å²) >= 11 is 0. The van der Waals surface area contributed by atoms with Crippen molar-refractivity contribution in [3.63, 3.8) is 0 Å². The van der Waals surface area contributed by atoms with Crippen molar-refractivity contribution in [2.45, 2.75) is 0 Å². The summed E-state index contributed by atoms with van der Waals surface area (Å²) in [7, 11) is 1.58. The number of nitrogens with one attached hydrogen (secondary N) is 2. The van der Waals surface area contributed by atoms with E-state index in [1.54, 1.807) is 37.4 Å². The highest BCUT2D eigenvalue weighted by Crippen LogP contribution is 2.21. The molecule has 2 N–H and O–H groups in total. The van der Waals surface area contributed by atoms with Gasteiger partial charge < -0.3 is 20.1 Å². The van der Waals surface area contributed by atoms with Crippen LogP contribution in [-0.2, 0) is 0 Å². The molecule has 29 heavy (non-hydrogen) atoms. The summed E-state index contributed by atoms with van der Waals surface area (Å²) in [6.07, 6.45) is 1.42. The zero-order valence-electron chi connectivity index (χ0n) is 15.6. The molecule has 0 radical (unpaired) electrons. The number of methoxy groups -OCH3 is 1. The lowest BCUT2D eigenvalue weighted by atomic mass is 10.2. The SMILES string of the molecule is COc1ccc(OCCNC(=O)c2cc(Nc3ccc(F)cc3F)ccn2)cc1. The molecule has 6 nitrogen and oxygen atoms in total. The van der Waals surface area contributed by atoms with Gasteiger partial charge in [0, 0.05) is 18.0 Å². The molecule has 0 saturated heterocycles. The number of anilines is 2. The van der Waals surface area contributed by atoms with E-state index in [1.165, 1.54) is 18.3 Å². The van der Waals surface area contributed by atoms with Crippen LogP contribution in [0.4, 0.5) is 20.2 Å². The number of rotatable bonds is 8. The first-order chi connectivity index (χ1) is 14.0. The maximum Gasteiger partial charge on any atom is 0.270 e. The molecule has 3 aromatic rings. The Morgan fingerprint density at radius 1 is 1.03 bits per heavy atom. The van der Waals surface area contributed by atoms with Gasteiger partial charge in [0.25, 0.3) is 5.91 Å². The first-order valence-corrected chi connectivity index (χ1v) is 8.78. The Balaban J connectivity index is 1.52. The third kappa shape index (κ3) is 5.65. The molecule has 0 unspecified atom stereocenters. The van der Waals surface area contributed by atoms with Gasteiger partial charge in [-0.3, -0.25) is 9.78 Å². The highest BCUT2D eigenvalue weighted by Gasteiger charge is 2.09. The minimum Gasteiger partial charge on any atom is -0.497 e. The van der Waals surface area contributed by atoms with Gasteiger partial charge in [0.15, 0.2) is 0 Å². The second-order valence-corrected chi connectivity index (χ2v) is 5.96. The summed E-state index contributed by atoms with van der Waals surface area (Å²) in [4.78, 5) is 16.3. The van der Waals surface area contributed by atoms with Crippen molar-refractivity contribution >= 4 is 17.3 Å². The smallest absolute Gasteiger partial charge is 0.270 e. The van der Waals surface area contributed by atoms with Gasteiger partial charge in [-0.05, 0) is 48.5 Å². The average molecular weight is 399 g/mol. The molecule has 8 heteroatoms. The van der Waals surface area contributed by atoms with E-state index in [0.29, 0.717) is 11.4 Å². The minimum atomic E-state index is -0.733. The number of benzene rings is 2. The fourth-order valence-corrected chi connectivity index (χ4v) is 2.47. The Kier molecular flexibility index (Phi) is 6.57.